The van der Waals surface area contributed by atoms with Crippen molar-refractivity contribution in [2.75, 3.05) is 0 Å². The van der Waals surface area contributed by atoms with Gasteiger partial charge in [-0.25, -0.2) is 9.78 Å². The summed E-state index contributed by atoms with van der Waals surface area (Å²) >= 11 is 0. The number of benzene rings is 1. The molecule has 1 aromatic heterocycles. The van der Waals surface area contributed by atoms with E-state index in [0.29, 0.717) is 11.3 Å². The number of nitrogens with zero attached hydrogens (tertiary/aromatic N) is 2. The van der Waals surface area contributed by atoms with Gasteiger partial charge in [-0.1, -0.05) is 18.2 Å². The van der Waals surface area contributed by atoms with Crippen LogP contribution >= 0.6 is 0 Å². The first-order valence-corrected chi connectivity index (χ1v) is 7.29. The Morgan fingerprint density at radius 1 is 1.32 bits per heavy atom. The number of carbonyl (C=O) groups excluding carboxylic acids is 1. The van der Waals surface area contributed by atoms with E-state index in [9.17, 15) is 9.90 Å². The molecule has 1 aromatic carbocycles. The minimum Gasteiger partial charge on any atom is -0.453 e. The lowest BCUT2D eigenvalue weighted by atomic mass is 9.85. The van der Waals surface area contributed by atoms with Crippen LogP contribution in [0.2, 0.25) is 0 Å². The van der Waals surface area contributed by atoms with Gasteiger partial charge >= 0.3 is 5.97 Å². The molecular formula is C17H20N2O3. The summed E-state index contributed by atoms with van der Waals surface area (Å²) < 4.78 is 7.53. The molecule has 116 valence electrons. The molecule has 0 bridgehead atoms. The fourth-order valence-electron chi connectivity index (χ4n) is 3.11. The summed E-state index contributed by atoms with van der Waals surface area (Å²) in [4.78, 5) is 16.4. The molecule has 1 N–H and O–H groups in total. The smallest absolute Gasteiger partial charge is 0.339 e. The molecule has 0 spiro atoms. The van der Waals surface area contributed by atoms with E-state index in [1.54, 1.807) is 32.4 Å². The van der Waals surface area contributed by atoms with Gasteiger partial charge in [0.1, 0.15) is 11.2 Å². The van der Waals surface area contributed by atoms with Gasteiger partial charge in [-0.05, 0) is 39.3 Å². The average Bonchev–Trinajstić information content (AvgIpc) is 2.86. The van der Waals surface area contributed by atoms with Crippen molar-refractivity contribution >= 4 is 5.97 Å². The topological polar surface area (TPSA) is 64.4 Å². The fourth-order valence-corrected chi connectivity index (χ4v) is 3.11. The van der Waals surface area contributed by atoms with Gasteiger partial charge in [-0.15, -0.1) is 0 Å². The lowest BCUT2D eigenvalue weighted by molar-refractivity contribution is -0.0289. The Morgan fingerprint density at radius 3 is 2.68 bits per heavy atom. The third-order valence-electron chi connectivity index (χ3n) is 4.06. The Bertz CT molecular complexity index is 726. The lowest BCUT2D eigenvalue weighted by Gasteiger charge is -2.41. The Labute approximate surface area is 129 Å². The number of hydrogen-bond donors (Lipinski definition) is 1. The number of aromatic nitrogens is 2. The zero-order valence-corrected chi connectivity index (χ0v) is 13.2. The highest BCUT2D eigenvalue weighted by molar-refractivity contribution is 5.93. The van der Waals surface area contributed by atoms with E-state index < -0.39 is 11.2 Å². The summed E-state index contributed by atoms with van der Waals surface area (Å²) in [6, 6.07) is 7.17. The van der Waals surface area contributed by atoms with Crippen LogP contribution in [0.1, 0.15) is 55.4 Å². The Hall–Kier alpha value is -2.14. The Morgan fingerprint density at radius 2 is 2.00 bits per heavy atom. The standard InChI is InChI=1S/C17H20N2O3/c1-16(2,21)13-9-18-10-19(13)14-11-7-5-6-8-12(11)15(20)22-17(14,3)4/h5-10,14,21H,1-4H3. The summed E-state index contributed by atoms with van der Waals surface area (Å²) in [5.41, 5.74) is 0.336. The molecule has 0 fully saturated rings. The van der Waals surface area contributed by atoms with Crippen LogP contribution in [0, 0.1) is 0 Å². The lowest BCUT2D eigenvalue weighted by Crippen LogP contribution is -2.44. The van der Waals surface area contributed by atoms with E-state index in [1.807, 2.05) is 36.6 Å². The van der Waals surface area contributed by atoms with Crippen molar-refractivity contribution in [1.82, 2.24) is 9.55 Å². The molecule has 0 saturated heterocycles. The van der Waals surface area contributed by atoms with Crippen LogP contribution in [0.5, 0.6) is 0 Å². The van der Waals surface area contributed by atoms with Crippen LogP contribution in [0.4, 0.5) is 0 Å². The number of ether oxygens (including phenoxy) is 1. The highest BCUT2D eigenvalue weighted by Gasteiger charge is 2.44. The number of hydrogen-bond acceptors (Lipinski definition) is 4. The molecule has 1 aliphatic heterocycles. The molecule has 1 atom stereocenters. The third kappa shape index (κ3) is 2.22. The van der Waals surface area contributed by atoms with Crippen molar-refractivity contribution in [3.05, 3.63) is 53.6 Å². The maximum absolute atomic E-state index is 12.2. The van der Waals surface area contributed by atoms with Gasteiger partial charge in [0.05, 0.1) is 29.8 Å². The predicted octanol–water partition coefficient (Wildman–Crippen LogP) is 2.65. The highest BCUT2D eigenvalue weighted by atomic mass is 16.6. The first kappa shape index (κ1) is 14.8. The van der Waals surface area contributed by atoms with Crippen molar-refractivity contribution in [3.8, 4) is 0 Å². The fraction of sp³-hybridized carbons (Fsp3) is 0.412. The summed E-state index contributed by atoms with van der Waals surface area (Å²) in [5.74, 6) is -0.318. The minimum absolute atomic E-state index is 0.245. The monoisotopic (exact) mass is 300 g/mol. The Kier molecular flexibility index (Phi) is 3.14. The predicted molar refractivity (Wildman–Crippen MR) is 81.5 cm³/mol. The zero-order valence-electron chi connectivity index (χ0n) is 13.2. The van der Waals surface area contributed by atoms with E-state index in [-0.39, 0.29) is 12.0 Å². The van der Waals surface area contributed by atoms with Gasteiger partial charge in [0.25, 0.3) is 0 Å². The normalized spacial score (nSPS) is 20.4. The van der Waals surface area contributed by atoms with E-state index in [0.717, 1.165) is 5.56 Å². The molecule has 1 unspecified atom stereocenters. The summed E-state index contributed by atoms with van der Waals surface area (Å²) in [6.45, 7) is 7.18. The van der Waals surface area contributed by atoms with Gasteiger partial charge in [0.2, 0.25) is 0 Å². The van der Waals surface area contributed by atoms with Gasteiger partial charge < -0.3 is 14.4 Å². The molecule has 3 rings (SSSR count). The van der Waals surface area contributed by atoms with E-state index in [1.165, 1.54) is 0 Å². The van der Waals surface area contributed by atoms with Crippen molar-refractivity contribution in [2.45, 2.75) is 44.9 Å². The summed E-state index contributed by atoms with van der Waals surface area (Å²) in [6.07, 6.45) is 3.32. The first-order chi connectivity index (χ1) is 10.2. The van der Waals surface area contributed by atoms with Crippen molar-refractivity contribution < 1.29 is 14.6 Å². The number of imidazole rings is 1. The summed E-state index contributed by atoms with van der Waals surface area (Å²) in [5, 5.41) is 10.4. The van der Waals surface area contributed by atoms with E-state index >= 15 is 0 Å². The molecule has 22 heavy (non-hydrogen) atoms. The molecular weight excluding hydrogens is 280 g/mol. The van der Waals surface area contributed by atoms with Gasteiger partial charge in [-0.2, -0.15) is 0 Å². The molecule has 0 radical (unpaired) electrons. The number of esters is 1. The molecule has 2 heterocycles. The van der Waals surface area contributed by atoms with Gasteiger partial charge in [0, 0.05) is 0 Å². The second kappa shape index (κ2) is 4.68. The van der Waals surface area contributed by atoms with E-state index in [4.69, 9.17) is 4.74 Å². The second-order valence-corrected chi connectivity index (χ2v) is 6.73. The highest BCUT2D eigenvalue weighted by Crippen LogP contribution is 2.41. The van der Waals surface area contributed by atoms with Gasteiger partial charge in [0.15, 0.2) is 0 Å². The quantitative estimate of drug-likeness (QED) is 0.866. The number of rotatable bonds is 2. The molecule has 0 aliphatic carbocycles. The second-order valence-electron chi connectivity index (χ2n) is 6.73. The SMILES string of the molecule is CC(C)(O)c1cncn1C1c2ccccc2C(=O)OC1(C)C. The molecule has 5 nitrogen and oxygen atoms in total. The summed E-state index contributed by atoms with van der Waals surface area (Å²) in [7, 11) is 0. The van der Waals surface area contributed by atoms with Gasteiger partial charge in [-0.3, -0.25) is 0 Å². The minimum atomic E-state index is -1.04. The van der Waals surface area contributed by atoms with Crippen molar-refractivity contribution in [3.63, 3.8) is 0 Å². The van der Waals surface area contributed by atoms with Crippen LogP contribution < -0.4 is 0 Å². The number of carbonyl (C=O) groups is 1. The van der Waals surface area contributed by atoms with Crippen LogP contribution in [0.15, 0.2) is 36.8 Å². The Balaban J connectivity index is 2.23. The maximum atomic E-state index is 12.2. The van der Waals surface area contributed by atoms with Crippen LogP contribution in [-0.4, -0.2) is 26.2 Å². The third-order valence-corrected chi connectivity index (χ3v) is 4.06. The molecule has 0 saturated carbocycles. The van der Waals surface area contributed by atoms with Crippen molar-refractivity contribution in [2.24, 2.45) is 0 Å². The van der Waals surface area contributed by atoms with Crippen LogP contribution in [0.25, 0.3) is 0 Å². The van der Waals surface area contributed by atoms with Crippen LogP contribution in [-0.2, 0) is 10.3 Å². The first-order valence-electron chi connectivity index (χ1n) is 7.29. The molecule has 2 aromatic rings. The number of fused-ring (bicyclic) bond motifs is 1. The molecule has 5 heteroatoms. The molecule has 0 amide bonds. The largest absolute Gasteiger partial charge is 0.453 e. The number of cyclic esters (lactones) is 1. The van der Waals surface area contributed by atoms with Crippen molar-refractivity contribution in [1.29, 1.82) is 0 Å². The van der Waals surface area contributed by atoms with E-state index in [2.05, 4.69) is 4.98 Å². The maximum Gasteiger partial charge on any atom is 0.339 e. The number of aliphatic hydroxyl groups is 1. The molecule has 1 aliphatic rings. The average molecular weight is 300 g/mol. The van der Waals surface area contributed by atoms with Crippen LogP contribution in [0.3, 0.4) is 0 Å². The zero-order chi connectivity index (χ0) is 16.1.